The molecule has 1 aromatic rings. The molecular formula is C15H17Cl2FN2O2. The van der Waals surface area contributed by atoms with Gasteiger partial charge in [-0.05, 0) is 30.5 Å². The number of carbonyl (C=O) groups is 2. The second-order valence-corrected chi connectivity index (χ2v) is 6.36. The van der Waals surface area contributed by atoms with Crippen molar-refractivity contribution >= 4 is 35.0 Å². The number of nitrogens with one attached hydrogen (secondary N) is 1. The van der Waals surface area contributed by atoms with Gasteiger partial charge in [-0.1, -0.05) is 35.3 Å². The average molecular weight is 347 g/mol. The monoisotopic (exact) mass is 346 g/mol. The fourth-order valence-electron chi connectivity index (χ4n) is 2.43. The molecule has 0 aromatic heterocycles. The minimum atomic E-state index is -1.07. The lowest BCUT2D eigenvalue weighted by atomic mass is 10.0. The highest BCUT2D eigenvalue weighted by Crippen LogP contribution is 2.14. The summed E-state index contributed by atoms with van der Waals surface area (Å²) < 4.78 is 12.8. The number of likely N-dealkylation sites (tertiary alicyclic amines) is 1. The van der Waals surface area contributed by atoms with Crippen molar-refractivity contribution in [2.45, 2.75) is 30.1 Å². The maximum absolute atomic E-state index is 12.8. The summed E-state index contributed by atoms with van der Waals surface area (Å²) in [5.74, 6) is -0.715. The molecule has 4 nitrogen and oxygen atoms in total. The van der Waals surface area contributed by atoms with Crippen LogP contribution in [0.1, 0.15) is 18.4 Å². The fraction of sp³-hybridized carbons (Fsp3) is 0.467. The molecule has 2 rings (SSSR count). The maximum atomic E-state index is 12.8. The van der Waals surface area contributed by atoms with Crippen LogP contribution in [0.3, 0.4) is 0 Å². The number of amides is 2. The molecule has 7 heteroatoms. The van der Waals surface area contributed by atoms with Crippen LogP contribution >= 0.6 is 23.2 Å². The molecule has 120 valence electrons. The second kappa shape index (κ2) is 7.79. The molecule has 0 aliphatic carbocycles. The van der Waals surface area contributed by atoms with Crippen molar-refractivity contribution in [3.63, 3.8) is 0 Å². The molecule has 0 atom stereocenters. The van der Waals surface area contributed by atoms with E-state index in [-0.39, 0.29) is 24.2 Å². The summed E-state index contributed by atoms with van der Waals surface area (Å²) in [4.78, 5) is 24.3. The Hall–Kier alpha value is -1.33. The zero-order chi connectivity index (χ0) is 16.1. The predicted octanol–water partition coefficient (Wildman–Crippen LogP) is 2.28. The molecule has 1 saturated heterocycles. The van der Waals surface area contributed by atoms with Gasteiger partial charge in [0.05, 0.1) is 6.42 Å². The van der Waals surface area contributed by atoms with Crippen molar-refractivity contribution in [2.75, 3.05) is 13.1 Å². The van der Waals surface area contributed by atoms with E-state index in [1.807, 2.05) is 0 Å². The quantitative estimate of drug-likeness (QED) is 0.850. The van der Waals surface area contributed by atoms with Gasteiger partial charge in [0, 0.05) is 19.1 Å². The van der Waals surface area contributed by atoms with E-state index in [4.69, 9.17) is 23.2 Å². The van der Waals surface area contributed by atoms with E-state index in [0.29, 0.717) is 25.9 Å². The lowest BCUT2D eigenvalue weighted by Gasteiger charge is -2.32. The molecular weight excluding hydrogens is 330 g/mol. The van der Waals surface area contributed by atoms with Crippen molar-refractivity contribution in [1.29, 1.82) is 0 Å². The molecule has 0 saturated carbocycles. The third kappa shape index (κ3) is 4.85. The molecule has 0 unspecified atom stereocenters. The first-order valence-corrected chi connectivity index (χ1v) is 7.93. The summed E-state index contributed by atoms with van der Waals surface area (Å²) in [6.07, 6.45) is 1.59. The van der Waals surface area contributed by atoms with Gasteiger partial charge in [0.25, 0.3) is 5.91 Å². The van der Waals surface area contributed by atoms with Crippen LogP contribution < -0.4 is 5.32 Å². The topological polar surface area (TPSA) is 49.4 Å². The maximum Gasteiger partial charge on any atom is 0.253 e. The number of rotatable bonds is 4. The van der Waals surface area contributed by atoms with Crippen molar-refractivity contribution in [2.24, 2.45) is 0 Å². The largest absolute Gasteiger partial charge is 0.351 e. The lowest BCUT2D eigenvalue weighted by Crippen LogP contribution is -2.47. The summed E-state index contributed by atoms with van der Waals surface area (Å²) in [6.45, 7) is 1.14. The van der Waals surface area contributed by atoms with Gasteiger partial charge in [-0.25, -0.2) is 4.39 Å². The summed E-state index contributed by atoms with van der Waals surface area (Å²) in [5, 5.41) is 2.75. The first kappa shape index (κ1) is 17.0. The third-order valence-electron chi connectivity index (χ3n) is 3.66. The van der Waals surface area contributed by atoms with E-state index in [1.54, 1.807) is 17.0 Å². The highest BCUT2D eigenvalue weighted by atomic mass is 35.5. The summed E-state index contributed by atoms with van der Waals surface area (Å²) >= 11 is 11.0. The lowest BCUT2D eigenvalue weighted by molar-refractivity contribution is -0.131. The molecule has 2 amide bonds. The molecule has 0 bridgehead atoms. The highest BCUT2D eigenvalue weighted by molar-refractivity contribution is 6.53. The van der Waals surface area contributed by atoms with Crippen molar-refractivity contribution in [3.05, 3.63) is 35.6 Å². The van der Waals surface area contributed by atoms with Gasteiger partial charge in [-0.3, -0.25) is 9.59 Å². The van der Waals surface area contributed by atoms with Gasteiger partial charge >= 0.3 is 0 Å². The summed E-state index contributed by atoms with van der Waals surface area (Å²) in [5.41, 5.74) is 0.786. The number of hydrogen-bond donors (Lipinski definition) is 1. The van der Waals surface area contributed by atoms with Gasteiger partial charge in [0.1, 0.15) is 5.82 Å². The Morgan fingerprint density at radius 3 is 2.36 bits per heavy atom. The van der Waals surface area contributed by atoms with Gasteiger partial charge in [0.2, 0.25) is 5.91 Å². The smallest absolute Gasteiger partial charge is 0.253 e. The number of alkyl halides is 2. The SMILES string of the molecule is O=C(NC1CCN(C(=O)Cc2ccc(F)cc2)CC1)C(Cl)Cl. The first-order valence-electron chi connectivity index (χ1n) is 7.06. The van der Waals surface area contributed by atoms with Crippen LogP contribution in [-0.2, 0) is 16.0 Å². The summed E-state index contributed by atoms with van der Waals surface area (Å²) in [7, 11) is 0. The van der Waals surface area contributed by atoms with E-state index in [0.717, 1.165) is 5.56 Å². The Morgan fingerprint density at radius 1 is 1.23 bits per heavy atom. The molecule has 1 N–H and O–H groups in total. The number of carbonyl (C=O) groups excluding carboxylic acids is 2. The van der Waals surface area contributed by atoms with Crippen LogP contribution in [0, 0.1) is 5.82 Å². The molecule has 1 aliphatic rings. The van der Waals surface area contributed by atoms with Crippen LogP contribution in [0.15, 0.2) is 24.3 Å². The molecule has 1 heterocycles. The van der Waals surface area contributed by atoms with Gasteiger partial charge in [0.15, 0.2) is 4.84 Å². The Kier molecular flexibility index (Phi) is 6.03. The second-order valence-electron chi connectivity index (χ2n) is 5.27. The minimum absolute atomic E-state index is 0.00366. The molecule has 0 spiro atoms. The Labute approximate surface area is 138 Å². The van der Waals surface area contributed by atoms with Crippen LogP contribution in [0.2, 0.25) is 0 Å². The zero-order valence-electron chi connectivity index (χ0n) is 11.9. The zero-order valence-corrected chi connectivity index (χ0v) is 13.4. The predicted molar refractivity (Wildman–Crippen MR) is 83.3 cm³/mol. The Bertz CT molecular complexity index is 529. The van der Waals surface area contributed by atoms with Crippen LogP contribution in [0.5, 0.6) is 0 Å². The summed E-state index contributed by atoms with van der Waals surface area (Å²) in [6, 6.07) is 5.91. The number of hydrogen-bond acceptors (Lipinski definition) is 2. The molecule has 1 aromatic carbocycles. The number of nitrogens with zero attached hydrogens (tertiary/aromatic N) is 1. The standard InChI is InChI=1S/C15H17Cl2FN2O2/c16-14(17)15(22)19-12-5-7-20(8-6-12)13(21)9-10-1-3-11(18)4-2-10/h1-4,12,14H,5-9H2,(H,19,22). The normalized spacial score (nSPS) is 15.9. The molecule has 1 aliphatic heterocycles. The van der Waals surface area contributed by atoms with Crippen molar-refractivity contribution in [3.8, 4) is 0 Å². The van der Waals surface area contributed by atoms with Gasteiger partial charge in [-0.2, -0.15) is 0 Å². The van der Waals surface area contributed by atoms with Gasteiger partial charge < -0.3 is 10.2 Å². The number of benzene rings is 1. The van der Waals surface area contributed by atoms with Gasteiger partial charge in [-0.15, -0.1) is 0 Å². The van der Waals surface area contributed by atoms with E-state index in [9.17, 15) is 14.0 Å². The number of piperidine rings is 1. The van der Waals surface area contributed by atoms with E-state index in [1.165, 1.54) is 12.1 Å². The Balaban J connectivity index is 1.79. The van der Waals surface area contributed by atoms with E-state index in [2.05, 4.69) is 5.32 Å². The van der Waals surface area contributed by atoms with Crippen LogP contribution in [-0.4, -0.2) is 40.7 Å². The van der Waals surface area contributed by atoms with Crippen molar-refractivity contribution in [1.82, 2.24) is 10.2 Å². The average Bonchev–Trinajstić information content (AvgIpc) is 2.50. The van der Waals surface area contributed by atoms with E-state index >= 15 is 0 Å². The van der Waals surface area contributed by atoms with Crippen molar-refractivity contribution < 1.29 is 14.0 Å². The highest BCUT2D eigenvalue weighted by Gasteiger charge is 2.25. The minimum Gasteiger partial charge on any atom is -0.351 e. The van der Waals surface area contributed by atoms with E-state index < -0.39 is 10.7 Å². The third-order valence-corrected chi connectivity index (χ3v) is 4.06. The molecule has 22 heavy (non-hydrogen) atoms. The van der Waals surface area contributed by atoms with Crippen LogP contribution in [0.4, 0.5) is 4.39 Å². The first-order chi connectivity index (χ1) is 10.5. The van der Waals surface area contributed by atoms with Crippen LogP contribution in [0.25, 0.3) is 0 Å². The Morgan fingerprint density at radius 2 is 1.82 bits per heavy atom. The molecule has 0 radical (unpaired) electrons. The number of halogens is 3. The molecule has 1 fully saturated rings. The fourth-order valence-corrected chi connectivity index (χ4v) is 2.55.